The highest BCUT2D eigenvalue weighted by Gasteiger charge is 2.22. The van der Waals surface area contributed by atoms with Gasteiger partial charge < -0.3 is 24.8 Å². The molecule has 30 heavy (non-hydrogen) atoms. The van der Waals surface area contributed by atoms with Gasteiger partial charge in [-0.05, 0) is 38.3 Å². The lowest BCUT2D eigenvalue weighted by molar-refractivity contribution is -0.00545. The number of morpholine rings is 1. The zero-order chi connectivity index (χ0) is 21.5. The third-order valence-electron chi connectivity index (χ3n) is 4.92. The van der Waals surface area contributed by atoms with Crippen molar-refractivity contribution < 1.29 is 9.26 Å². The van der Waals surface area contributed by atoms with E-state index in [1.807, 2.05) is 19.2 Å². The lowest BCUT2D eigenvalue weighted by Gasteiger charge is -2.36. The van der Waals surface area contributed by atoms with E-state index in [0.717, 1.165) is 48.4 Å². The van der Waals surface area contributed by atoms with E-state index in [9.17, 15) is 0 Å². The van der Waals surface area contributed by atoms with E-state index in [4.69, 9.17) is 9.26 Å². The Bertz CT molecular complexity index is 807. The Kier molecular flexibility index (Phi) is 7.68. The number of aliphatic imine (C=N–C) groups is 1. The van der Waals surface area contributed by atoms with E-state index in [-0.39, 0.29) is 12.2 Å². The van der Waals surface area contributed by atoms with Crippen LogP contribution in [-0.2, 0) is 17.8 Å². The highest BCUT2D eigenvalue weighted by Crippen LogP contribution is 2.18. The van der Waals surface area contributed by atoms with Gasteiger partial charge in [0.25, 0.3) is 0 Å². The normalized spacial score (nSPS) is 19.9. The molecule has 1 aliphatic rings. The van der Waals surface area contributed by atoms with Crippen LogP contribution in [0.15, 0.2) is 33.9 Å². The molecule has 8 heteroatoms. The van der Waals surface area contributed by atoms with Gasteiger partial charge in [0, 0.05) is 31.9 Å². The molecule has 164 valence electrons. The maximum atomic E-state index is 5.81. The number of anilines is 1. The zero-order valence-corrected chi connectivity index (χ0v) is 18.7. The zero-order valence-electron chi connectivity index (χ0n) is 18.7. The summed E-state index contributed by atoms with van der Waals surface area (Å²) in [4.78, 5) is 11.6. The molecule has 2 unspecified atom stereocenters. The molecule has 1 saturated heterocycles. The Labute approximate surface area is 179 Å². The molecular formula is C22H34N6O2. The molecule has 2 atom stereocenters. The summed E-state index contributed by atoms with van der Waals surface area (Å²) < 4.78 is 11.2. The molecule has 2 N–H and O–H groups in total. The molecule has 0 saturated carbocycles. The van der Waals surface area contributed by atoms with Crippen LogP contribution >= 0.6 is 0 Å². The predicted molar refractivity (Wildman–Crippen MR) is 119 cm³/mol. The van der Waals surface area contributed by atoms with Crippen LogP contribution in [-0.4, -0.2) is 47.9 Å². The third-order valence-corrected chi connectivity index (χ3v) is 4.92. The molecule has 0 amide bonds. The van der Waals surface area contributed by atoms with Gasteiger partial charge in [0.15, 0.2) is 11.7 Å². The summed E-state index contributed by atoms with van der Waals surface area (Å²) >= 11 is 0. The number of rotatable bonds is 7. The Hall–Kier alpha value is -2.61. The second-order valence-corrected chi connectivity index (χ2v) is 8.11. The molecule has 2 aromatic heterocycles. The van der Waals surface area contributed by atoms with E-state index >= 15 is 0 Å². The summed E-state index contributed by atoms with van der Waals surface area (Å²) in [5.74, 6) is 2.87. The molecule has 3 heterocycles. The van der Waals surface area contributed by atoms with Crippen molar-refractivity contribution in [1.82, 2.24) is 20.8 Å². The molecule has 0 bridgehead atoms. The van der Waals surface area contributed by atoms with Crippen molar-refractivity contribution in [1.29, 1.82) is 0 Å². The second kappa shape index (κ2) is 10.4. The fourth-order valence-electron chi connectivity index (χ4n) is 3.43. The van der Waals surface area contributed by atoms with Crippen molar-refractivity contribution >= 4 is 11.8 Å². The van der Waals surface area contributed by atoms with Gasteiger partial charge >= 0.3 is 0 Å². The largest absolute Gasteiger partial charge is 0.372 e. The highest BCUT2D eigenvalue weighted by molar-refractivity contribution is 5.79. The van der Waals surface area contributed by atoms with Crippen LogP contribution in [0, 0.1) is 0 Å². The summed E-state index contributed by atoms with van der Waals surface area (Å²) in [6.45, 7) is 14.0. The Morgan fingerprint density at radius 3 is 2.60 bits per heavy atom. The maximum absolute atomic E-state index is 5.81. The summed E-state index contributed by atoms with van der Waals surface area (Å²) in [5.41, 5.74) is 2.02. The fourth-order valence-corrected chi connectivity index (χ4v) is 3.43. The van der Waals surface area contributed by atoms with E-state index < -0.39 is 0 Å². The van der Waals surface area contributed by atoms with Gasteiger partial charge in [0.1, 0.15) is 5.82 Å². The number of nitrogens with zero attached hydrogens (tertiary/aromatic N) is 4. The van der Waals surface area contributed by atoms with Crippen LogP contribution in [0.2, 0.25) is 0 Å². The lowest BCUT2D eigenvalue weighted by atomic mass is 10.1. The minimum absolute atomic E-state index is 0.217. The van der Waals surface area contributed by atoms with Gasteiger partial charge in [-0.2, -0.15) is 0 Å². The van der Waals surface area contributed by atoms with Gasteiger partial charge in [-0.1, -0.05) is 25.1 Å². The van der Waals surface area contributed by atoms with Crippen LogP contribution in [0.5, 0.6) is 0 Å². The molecule has 1 aliphatic heterocycles. The Morgan fingerprint density at radius 1 is 1.23 bits per heavy atom. The first-order valence-corrected chi connectivity index (χ1v) is 10.8. The van der Waals surface area contributed by atoms with Crippen molar-refractivity contribution in [3.8, 4) is 0 Å². The lowest BCUT2D eigenvalue weighted by Crippen LogP contribution is -2.45. The minimum Gasteiger partial charge on any atom is -0.372 e. The second-order valence-electron chi connectivity index (χ2n) is 8.11. The van der Waals surface area contributed by atoms with Gasteiger partial charge in [-0.3, -0.25) is 0 Å². The number of guanidine groups is 1. The van der Waals surface area contributed by atoms with Gasteiger partial charge in [0.2, 0.25) is 0 Å². The monoisotopic (exact) mass is 414 g/mol. The molecule has 0 aromatic carbocycles. The van der Waals surface area contributed by atoms with Crippen LogP contribution in [0.3, 0.4) is 0 Å². The van der Waals surface area contributed by atoms with Gasteiger partial charge in [-0.15, -0.1) is 0 Å². The van der Waals surface area contributed by atoms with Crippen molar-refractivity contribution in [3.63, 3.8) is 0 Å². The van der Waals surface area contributed by atoms with E-state index in [2.05, 4.69) is 70.5 Å². The Morgan fingerprint density at radius 2 is 2.00 bits per heavy atom. The van der Waals surface area contributed by atoms with E-state index in [1.165, 1.54) is 0 Å². The number of aromatic nitrogens is 2. The number of nitrogens with one attached hydrogen (secondary N) is 2. The van der Waals surface area contributed by atoms with Gasteiger partial charge in [-0.25, -0.2) is 9.98 Å². The van der Waals surface area contributed by atoms with Crippen molar-refractivity contribution in [2.75, 3.05) is 24.5 Å². The molecule has 2 aromatic rings. The van der Waals surface area contributed by atoms with Crippen LogP contribution in [0.4, 0.5) is 5.82 Å². The molecular weight excluding hydrogens is 380 g/mol. The summed E-state index contributed by atoms with van der Waals surface area (Å²) in [7, 11) is 0. The highest BCUT2D eigenvalue weighted by atomic mass is 16.5. The first kappa shape index (κ1) is 22.1. The maximum Gasteiger partial charge on any atom is 0.191 e. The van der Waals surface area contributed by atoms with Crippen molar-refractivity contribution in [2.45, 2.75) is 65.8 Å². The molecule has 8 nitrogen and oxygen atoms in total. The minimum atomic E-state index is 0.217. The van der Waals surface area contributed by atoms with Crippen molar-refractivity contribution in [2.24, 2.45) is 4.99 Å². The standard InChI is InChI=1S/C22H34N6O2/c1-6-23-22(26-12-19-9-20(15(2)3)27-30-19)25-11-18-7-8-21(24-10-18)28-13-16(4)29-17(5)14-28/h7-10,15-17H,6,11-14H2,1-5H3,(H2,23,25,26). The van der Waals surface area contributed by atoms with E-state index in [0.29, 0.717) is 19.0 Å². The SMILES string of the molecule is CCNC(=NCc1ccc(N2CC(C)OC(C)C2)nc1)NCc1cc(C(C)C)no1. The average Bonchev–Trinajstić information content (AvgIpc) is 3.19. The summed E-state index contributed by atoms with van der Waals surface area (Å²) in [6, 6.07) is 6.14. The number of ether oxygens (including phenoxy) is 1. The van der Waals surface area contributed by atoms with Crippen LogP contribution in [0.1, 0.15) is 57.6 Å². The number of hydrogen-bond donors (Lipinski definition) is 2. The quantitative estimate of drug-likeness (QED) is 0.532. The first-order valence-electron chi connectivity index (χ1n) is 10.8. The molecule has 0 spiro atoms. The smallest absolute Gasteiger partial charge is 0.191 e. The molecule has 0 aliphatic carbocycles. The molecule has 1 fully saturated rings. The molecule has 0 radical (unpaired) electrons. The van der Waals surface area contributed by atoms with Crippen LogP contribution < -0.4 is 15.5 Å². The van der Waals surface area contributed by atoms with Crippen LogP contribution in [0.25, 0.3) is 0 Å². The fraction of sp³-hybridized carbons (Fsp3) is 0.591. The average molecular weight is 415 g/mol. The first-order chi connectivity index (χ1) is 14.4. The predicted octanol–water partition coefficient (Wildman–Crippen LogP) is 3.06. The van der Waals surface area contributed by atoms with Crippen molar-refractivity contribution in [3.05, 3.63) is 41.4 Å². The van der Waals surface area contributed by atoms with E-state index in [1.54, 1.807) is 0 Å². The number of hydrogen-bond acceptors (Lipinski definition) is 6. The number of pyridine rings is 1. The topological polar surface area (TPSA) is 87.8 Å². The van der Waals surface area contributed by atoms with Gasteiger partial charge in [0.05, 0.1) is 31.0 Å². The third kappa shape index (κ3) is 6.19. The Balaban J connectivity index is 1.57. The summed E-state index contributed by atoms with van der Waals surface area (Å²) in [5, 5.41) is 10.6. The summed E-state index contributed by atoms with van der Waals surface area (Å²) in [6.07, 6.45) is 2.34. The molecule has 3 rings (SSSR count).